The second-order valence-corrected chi connectivity index (χ2v) is 6.46. The Kier molecular flexibility index (Phi) is 71.2. The van der Waals surface area contributed by atoms with Gasteiger partial charge in [0.05, 0.1) is 0 Å². The van der Waals surface area contributed by atoms with Crippen LogP contribution in [0, 0.1) is 38.2 Å². The van der Waals surface area contributed by atoms with Crippen LogP contribution in [-0.4, -0.2) is 92.2 Å². The third-order valence-corrected chi connectivity index (χ3v) is 3.99. The first kappa shape index (κ1) is 58.0. The maximum atomic E-state index is 11.9. The summed E-state index contributed by atoms with van der Waals surface area (Å²) in [5.41, 5.74) is 2.56. The van der Waals surface area contributed by atoms with Crippen LogP contribution in [0.3, 0.4) is 0 Å². The smallest absolute Gasteiger partial charge is 1.00 e. The molecule has 36 heavy (non-hydrogen) atoms. The van der Waals surface area contributed by atoms with E-state index in [1.807, 2.05) is 36.4 Å². The summed E-state index contributed by atoms with van der Waals surface area (Å²) in [6, 6.07) is 29.6. The molecule has 0 bridgehead atoms. The molecule has 0 nitrogen and oxygen atoms in total. The van der Waals surface area contributed by atoms with Crippen LogP contribution in [0.4, 0.5) is 4.39 Å². The fraction of sp³-hybridized carbons (Fsp3) is 0.259. The fourth-order valence-corrected chi connectivity index (χ4v) is 2.39. The van der Waals surface area contributed by atoms with Gasteiger partial charge >= 0.3 is 92.2 Å². The van der Waals surface area contributed by atoms with E-state index in [4.69, 9.17) is 0 Å². The molecule has 3 aromatic rings. The van der Waals surface area contributed by atoms with E-state index in [0.717, 1.165) is 6.42 Å². The summed E-state index contributed by atoms with van der Waals surface area (Å²) in [7, 11) is 0. The van der Waals surface area contributed by atoms with Gasteiger partial charge in [0.2, 0.25) is 0 Å². The van der Waals surface area contributed by atoms with Gasteiger partial charge in [-0.2, -0.15) is 73.4 Å². The first-order valence-electron chi connectivity index (χ1n) is 9.91. The Balaban J connectivity index is -0.0000000452. The Morgan fingerprint density at radius 1 is 0.750 bits per heavy atom. The summed E-state index contributed by atoms with van der Waals surface area (Å²) in [4.78, 5) is 0. The van der Waals surface area contributed by atoms with Crippen molar-refractivity contribution in [3.05, 3.63) is 121 Å². The van der Waals surface area contributed by atoms with Crippen LogP contribution in [0.1, 0.15) is 43.2 Å². The van der Waals surface area contributed by atoms with Gasteiger partial charge in [-0.25, -0.2) is 4.39 Å². The number of halogens is 5. The first-order valence-corrected chi connectivity index (χ1v) is 9.91. The normalized spacial score (nSPS) is 9.42. The maximum Gasteiger partial charge on any atom is 2.00 e. The molecule has 0 unspecified atom stereocenters. The maximum absolute atomic E-state index is 11.9. The van der Waals surface area contributed by atoms with Crippen molar-refractivity contribution >= 4 is 92.2 Å². The molecule has 0 saturated heterocycles. The van der Waals surface area contributed by atoms with Gasteiger partial charge in [-0.15, -0.1) is 12.1 Å². The summed E-state index contributed by atoms with van der Waals surface area (Å²) >= 11 is 0. The Morgan fingerprint density at radius 3 is 1.50 bits per heavy atom. The van der Waals surface area contributed by atoms with E-state index in [1.54, 1.807) is 0 Å². The molecule has 0 radical (unpaired) electrons. The Labute approximate surface area is 317 Å². The molecule has 0 N–H and O–H groups in total. The summed E-state index contributed by atoms with van der Waals surface area (Å²) in [5.74, 6) is -0.209. The van der Waals surface area contributed by atoms with E-state index in [9.17, 15) is 4.39 Å². The zero-order valence-corrected chi connectivity index (χ0v) is 31.6. The van der Waals surface area contributed by atoms with Crippen LogP contribution in [0.2, 0.25) is 0 Å². The molecular weight excluding hydrogens is 671 g/mol. The van der Waals surface area contributed by atoms with Crippen molar-refractivity contribution in [1.29, 1.82) is 0 Å². The van der Waals surface area contributed by atoms with Crippen molar-refractivity contribution in [3.8, 4) is 0 Å². The van der Waals surface area contributed by atoms with Gasteiger partial charge in [0.25, 0.3) is 0 Å². The number of aryl methyl sites for hydroxylation is 1. The molecule has 1 fully saturated rings. The SMILES string of the molecule is Cc1c[c-]ccc1.Fc1cc[c-]cc1.[Br-].[Br-].[CH-]1CCCCC1.[CH2-]Cc1ccccc1.[Cl-].[Cl-].[Mg+2].[Mg+2].[Mg+2].[Mg+2]. The molecule has 0 aromatic heterocycles. The molecule has 0 atom stereocenters. The van der Waals surface area contributed by atoms with Crippen LogP contribution in [0.25, 0.3) is 0 Å². The van der Waals surface area contributed by atoms with E-state index in [0.29, 0.717) is 0 Å². The van der Waals surface area contributed by atoms with Crippen molar-refractivity contribution in [2.45, 2.75) is 45.4 Å². The summed E-state index contributed by atoms with van der Waals surface area (Å²) in [6.45, 7) is 5.81. The van der Waals surface area contributed by atoms with Gasteiger partial charge in [-0.05, 0) is 0 Å². The standard InChI is InChI=1S/C8H9.C7H7.C6H4F.C6H11.2BrH.2ClH.4Mg/c1-2-8-6-4-3-5-7-8;1-7-5-3-2-4-6-7;7-6-4-2-1-3-5-6;1-2-4-6-5-3-1;;;;;;;;/h3-7H,1-2H2;2-3,5-6H,1H3;2-5H;1H,2-6H2;4*1H;;;;/q4*-1;;;;;4*+2/p-4. The van der Waals surface area contributed by atoms with Crippen LogP contribution >= 0.6 is 0 Å². The molecule has 0 heterocycles. The number of hydrogen-bond acceptors (Lipinski definition) is 0. The molecule has 9 heteroatoms. The monoisotopic (exact) mass is 698 g/mol. The topological polar surface area (TPSA) is 0 Å². The van der Waals surface area contributed by atoms with Gasteiger partial charge in [0, 0.05) is 5.82 Å². The van der Waals surface area contributed by atoms with Gasteiger partial charge in [0.1, 0.15) is 0 Å². The molecule has 1 aliphatic carbocycles. The third-order valence-electron chi connectivity index (χ3n) is 3.99. The van der Waals surface area contributed by atoms with E-state index in [-0.39, 0.29) is 157 Å². The van der Waals surface area contributed by atoms with Crippen LogP contribution < -0.4 is 58.8 Å². The number of benzene rings is 3. The van der Waals surface area contributed by atoms with Crippen molar-refractivity contribution < 1.29 is 63.2 Å². The Morgan fingerprint density at radius 2 is 1.28 bits per heavy atom. The van der Waals surface area contributed by atoms with E-state index < -0.39 is 0 Å². The van der Waals surface area contributed by atoms with Crippen molar-refractivity contribution in [3.63, 3.8) is 0 Å². The van der Waals surface area contributed by atoms with Gasteiger partial charge < -0.3 is 72.1 Å². The quantitative estimate of drug-likeness (QED) is 0.175. The zero-order valence-electron chi connectivity index (χ0n) is 21.3. The molecule has 182 valence electrons. The summed E-state index contributed by atoms with van der Waals surface area (Å²) in [5, 5.41) is 0. The largest absolute Gasteiger partial charge is 2.00 e. The van der Waals surface area contributed by atoms with Crippen LogP contribution in [0.5, 0.6) is 0 Å². The molecule has 3 aromatic carbocycles. The molecule has 1 aliphatic rings. The van der Waals surface area contributed by atoms with Crippen LogP contribution in [-0.2, 0) is 6.42 Å². The number of hydrogen-bond donors (Lipinski definition) is 0. The molecular formula is C27H31Br2Cl2FMg4. The molecule has 0 amide bonds. The second-order valence-electron chi connectivity index (χ2n) is 6.46. The van der Waals surface area contributed by atoms with E-state index in [2.05, 4.69) is 50.6 Å². The zero-order chi connectivity index (χ0) is 20.3. The molecule has 0 aliphatic heterocycles. The molecule has 1 saturated carbocycles. The van der Waals surface area contributed by atoms with E-state index in [1.165, 1.54) is 67.5 Å². The van der Waals surface area contributed by atoms with E-state index >= 15 is 0 Å². The van der Waals surface area contributed by atoms with Gasteiger partial charge in [-0.1, -0.05) is 62.1 Å². The van der Waals surface area contributed by atoms with Crippen LogP contribution in [0.15, 0.2) is 78.9 Å². The minimum atomic E-state index is -0.209. The average Bonchev–Trinajstić information content (AvgIpc) is 2.78. The molecule has 4 rings (SSSR count). The third kappa shape index (κ3) is 38.3. The first-order chi connectivity index (χ1) is 13.7. The van der Waals surface area contributed by atoms with Gasteiger partial charge in [0.15, 0.2) is 0 Å². The van der Waals surface area contributed by atoms with Crippen molar-refractivity contribution in [2.24, 2.45) is 0 Å². The van der Waals surface area contributed by atoms with Crippen molar-refractivity contribution in [1.82, 2.24) is 0 Å². The minimum Gasteiger partial charge on any atom is -1.00 e. The number of rotatable bonds is 1. The Hall–Kier alpha value is 2.19. The predicted octanol–water partition coefficient (Wildman–Crippen LogP) is -5.87. The molecule has 0 spiro atoms. The second kappa shape index (κ2) is 44.2. The fourth-order valence-electron chi connectivity index (χ4n) is 2.39. The predicted molar refractivity (Wildman–Crippen MR) is 141 cm³/mol. The minimum absolute atomic E-state index is 0. The summed E-state index contributed by atoms with van der Waals surface area (Å²) < 4.78 is 11.9. The van der Waals surface area contributed by atoms with Crippen molar-refractivity contribution in [2.75, 3.05) is 0 Å². The summed E-state index contributed by atoms with van der Waals surface area (Å²) in [6.07, 6.45) is 10.4. The Bertz CT molecular complexity index is 664. The average molecular weight is 702 g/mol. The van der Waals surface area contributed by atoms with Gasteiger partial charge in [-0.3, -0.25) is 0 Å².